The second-order valence-electron chi connectivity index (χ2n) is 7.49. The molecule has 0 amide bonds. The van der Waals surface area contributed by atoms with Gasteiger partial charge in [0.1, 0.15) is 0 Å². The van der Waals surface area contributed by atoms with E-state index in [1.165, 1.54) is 6.07 Å². The van der Waals surface area contributed by atoms with Crippen molar-refractivity contribution < 1.29 is 27.0 Å². The Hall–Kier alpha value is -4.19. The monoisotopic (exact) mass is 486 g/mol. The Morgan fingerprint density at radius 3 is 1.56 bits per heavy atom. The number of benzene rings is 1. The van der Waals surface area contributed by atoms with Crippen molar-refractivity contribution >= 4 is 52.3 Å². The average molecular weight is 486 g/mol. The van der Waals surface area contributed by atoms with Crippen LogP contribution in [0.4, 0.5) is 0 Å². The quantitative estimate of drug-likeness (QED) is 0.201. The Morgan fingerprint density at radius 2 is 1.15 bits per heavy atom. The summed E-state index contributed by atoms with van der Waals surface area (Å²) in [5, 5.41) is 8.35. The molecular formula is C27H19MnN4O2-. The van der Waals surface area contributed by atoms with Gasteiger partial charge in [0.05, 0.1) is 22.8 Å². The molecule has 3 N–H and O–H groups in total. The van der Waals surface area contributed by atoms with Gasteiger partial charge in [-0.1, -0.05) is 5.56 Å². The first-order valence-corrected chi connectivity index (χ1v) is 10.4. The zero-order chi connectivity index (χ0) is 22.6. The number of H-pyrrole nitrogens is 2. The molecule has 0 fully saturated rings. The van der Waals surface area contributed by atoms with E-state index in [0.29, 0.717) is 0 Å². The molecular weight excluding hydrogens is 467 g/mol. The van der Waals surface area contributed by atoms with Gasteiger partial charge in [0.2, 0.25) is 5.97 Å². The summed E-state index contributed by atoms with van der Waals surface area (Å²) in [4.78, 5) is 26.2. The van der Waals surface area contributed by atoms with Crippen LogP contribution in [-0.2, 0) is 17.1 Å². The van der Waals surface area contributed by atoms with Crippen LogP contribution in [-0.4, -0.2) is 31.0 Å². The minimum absolute atomic E-state index is 0. The van der Waals surface area contributed by atoms with Crippen molar-refractivity contribution in [3.63, 3.8) is 0 Å². The van der Waals surface area contributed by atoms with Crippen LogP contribution in [0.5, 0.6) is 0 Å². The van der Waals surface area contributed by atoms with E-state index in [1.807, 2.05) is 42.5 Å². The predicted octanol–water partition coefficient (Wildman–Crippen LogP) is 5.84. The standard InChI is InChI=1S/C20H14N4.C7H5O2.Mn/c1-2-14-10-16-5-6-18(23-16)12-20-8-7-19(24-20)11-17-4-3-15(22-17)9-13(1)21-14;8-7(9)6-4-2-1-3-5-6;/h1-12,21-22H;1-4H,(H,8,9);/q;-1;. The Morgan fingerprint density at radius 1 is 0.676 bits per heavy atom. The van der Waals surface area contributed by atoms with Crippen LogP contribution in [0.25, 0.3) is 46.4 Å². The fourth-order valence-corrected chi connectivity index (χ4v) is 3.47. The molecule has 8 bridgehead atoms. The molecule has 5 heterocycles. The molecule has 2 aliphatic heterocycles. The molecule has 0 spiro atoms. The fraction of sp³-hybridized carbons (Fsp3) is 0. The molecule has 4 aromatic rings. The number of rotatable bonds is 1. The Kier molecular flexibility index (Phi) is 6.87. The molecule has 0 atom stereocenters. The summed E-state index contributed by atoms with van der Waals surface area (Å²) in [5.74, 6) is -0.935. The Balaban J connectivity index is 0.000000234. The van der Waals surface area contributed by atoms with E-state index in [0.717, 1.165) is 44.8 Å². The van der Waals surface area contributed by atoms with Crippen LogP contribution in [0.3, 0.4) is 0 Å². The number of hydrogen-bond donors (Lipinski definition) is 3. The van der Waals surface area contributed by atoms with Crippen LogP contribution in [0.2, 0.25) is 0 Å². The van der Waals surface area contributed by atoms with E-state index < -0.39 is 5.97 Å². The number of fused-ring (bicyclic) bond motifs is 8. The fourth-order valence-electron chi connectivity index (χ4n) is 3.47. The average Bonchev–Trinajstić information content (AvgIpc) is 3.61. The number of carboxylic acid groups (broad SMARTS) is 1. The summed E-state index contributed by atoms with van der Waals surface area (Å²) in [5.41, 5.74) is 8.07. The van der Waals surface area contributed by atoms with Crippen LogP contribution < -0.4 is 0 Å². The van der Waals surface area contributed by atoms with Crippen molar-refractivity contribution in [1.82, 2.24) is 19.9 Å². The van der Waals surface area contributed by atoms with Crippen LogP contribution in [0.1, 0.15) is 33.1 Å². The maximum Gasteiger partial charge on any atom is 0.247 e. The van der Waals surface area contributed by atoms with Crippen molar-refractivity contribution in [3.05, 3.63) is 107 Å². The van der Waals surface area contributed by atoms with Gasteiger partial charge in [-0.3, -0.25) is 0 Å². The largest absolute Gasteiger partial charge is 0.521 e. The number of carboxylic acids is 1. The van der Waals surface area contributed by atoms with Crippen molar-refractivity contribution in [2.24, 2.45) is 0 Å². The number of aromatic nitrogens is 4. The maximum atomic E-state index is 10.2. The second kappa shape index (κ2) is 10.2. The summed E-state index contributed by atoms with van der Waals surface area (Å²) >= 11 is 0. The third-order valence-corrected chi connectivity index (χ3v) is 4.98. The summed E-state index contributed by atoms with van der Waals surface area (Å²) in [6.45, 7) is 0. The predicted molar refractivity (Wildman–Crippen MR) is 131 cm³/mol. The first kappa shape index (κ1) is 23.0. The minimum atomic E-state index is -0.935. The molecule has 3 aromatic heterocycles. The zero-order valence-corrected chi connectivity index (χ0v) is 19.0. The summed E-state index contributed by atoms with van der Waals surface area (Å²) < 4.78 is 0. The van der Waals surface area contributed by atoms with Crippen molar-refractivity contribution in [2.45, 2.75) is 0 Å². The molecule has 6 rings (SSSR count). The molecule has 1 radical (unpaired) electrons. The molecule has 0 saturated carbocycles. The summed E-state index contributed by atoms with van der Waals surface area (Å²) in [7, 11) is 0. The van der Waals surface area contributed by atoms with Gasteiger partial charge < -0.3 is 19.9 Å². The zero-order valence-electron chi connectivity index (χ0n) is 17.9. The third kappa shape index (κ3) is 5.59. The van der Waals surface area contributed by atoms with E-state index >= 15 is 0 Å². The van der Waals surface area contributed by atoms with Gasteiger partial charge in [0, 0.05) is 39.1 Å². The van der Waals surface area contributed by atoms with E-state index in [9.17, 15) is 4.79 Å². The van der Waals surface area contributed by atoms with E-state index in [1.54, 1.807) is 18.2 Å². The molecule has 34 heavy (non-hydrogen) atoms. The first-order valence-electron chi connectivity index (χ1n) is 10.4. The smallest absolute Gasteiger partial charge is 0.247 e. The van der Waals surface area contributed by atoms with Crippen molar-refractivity contribution in [3.8, 4) is 0 Å². The third-order valence-electron chi connectivity index (χ3n) is 4.98. The topological polar surface area (TPSA) is 94.7 Å². The van der Waals surface area contributed by atoms with E-state index in [-0.39, 0.29) is 22.6 Å². The molecule has 2 aliphatic rings. The number of carbonyl (C=O) groups is 1. The minimum Gasteiger partial charge on any atom is -0.521 e. The maximum absolute atomic E-state index is 10.2. The van der Waals surface area contributed by atoms with Crippen LogP contribution in [0, 0.1) is 6.07 Å². The van der Waals surface area contributed by atoms with E-state index in [4.69, 9.17) is 5.11 Å². The Bertz CT molecular complexity index is 1460. The summed E-state index contributed by atoms with van der Waals surface area (Å²) in [6.07, 6.45) is 8.05. The van der Waals surface area contributed by atoms with Crippen LogP contribution in [0.15, 0.2) is 72.8 Å². The van der Waals surface area contributed by atoms with Gasteiger partial charge in [-0.05, 0) is 72.8 Å². The Labute approximate surface area is 206 Å². The second-order valence-corrected chi connectivity index (χ2v) is 7.49. The van der Waals surface area contributed by atoms with Gasteiger partial charge in [-0.2, -0.15) is 0 Å². The van der Waals surface area contributed by atoms with Gasteiger partial charge in [0.15, 0.2) is 0 Å². The van der Waals surface area contributed by atoms with Crippen molar-refractivity contribution in [2.75, 3.05) is 0 Å². The molecule has 167 valence electrons. The molecule has 0 unspecified atom stereocenters. The van der Waals surface area contributed by atoms with Gasteiger partial charge in [-0.25, -0.2) is 9.97 Å². The molecule has 7 heteroatoms. The number of nitrogens with zero attached hydrogens (tertiary/aromatic N) is 2. The van der Waals surface area contributed by atoms with E-state index in [2.05, 4.69) is 56.3 Å². The first-order chi connectivity index (χ1) is 16.1. The molecule has 1 aromatic carbocycles. The molecule has 6 nitrogen and oxygen atoms in total. The molecule has 0 saturated heterocycles. The number of nitrogens with one attached hydrogen (secondary N) is 2. The summed E-state index contributed by atoms with van der Waals surface area (Å²) in [6, 6.07) is 25.4. The van der Waals surface area contributed by atoms with Gasteiger partial charge in [0.25, 0.3) is 0 Å². The number of aromatic amines is 2. The van der Waals surface area contributed by atoms with Crippen LogP contribution >= 0.6 is 0 Å². The normalized spacial score (nSPS) is 11.3. The van der Waals surface area contributed by atoms with Gasteiger partial charge in [-0.15, -0.1) is 30.3 Å². The SMILES string of the molecule is C1=Cc2cc3ccc(cc4ccc(cc5nc(cc1n2)C=C5)[nH]4)[nH]3.O=C(O)c1[c-]cccc1.[Mn]. The molecule has 0 aliphatic carbocycles. The number of hydrogen-bond acceptors (Lipinski definition) is 3. The number of aromatic carboxylic acids is 1. The van der Waals surface area contributed by atoms with Crippen molar-refractivity contribution in [1.29, 1.82) is 0 Å². The van der Waals surface area contributed by atoms with Gasteiger partial charge >= 0.3 is 0 Å².